The fourth-order valence-electron chi connectivity index (χ4n) is 3.59. The number of methoxy groups -OCH3 is 2. The molecular formula is C21H33N7O2. The van der Waals surface area contributed by atoms with Gasteiger partial charge in [0.2, 0.25) is 0 Å². The van der Waals surface area contributed by atoms with Crippen molar-refractivity contribution >= 4 is 11.6 Å². The van der Waals surface area contributed by atoms with Gasteiger partial charge in [-0.2, -0.15) is 0 Å². The molecule has 30 heavy (non-hydrogen) atoms. The van der Waals surface area contributed by atoms with E-state index in [2.05, 4.69) is 51.7 Å². The van der Waals surface area contributed by atoms with Crippen molar-refractivity contribution in [2.45, 2.75) is 45.8 Å². The minimum Gasteiger partial charge on any atom is -0.497 e. The van der Waals surface area contributed by atoms with Gasteiger partial charge in [0.05, 0.1) is 14.2 Å². The Morgan fingerprint density at radius 1 is 1.13 bits per heavy atom. The van der Waals surface area contributed by atoms with E-state index in [4.69, 9.17) is 14.5 Å². The van der Waals surface area contributed by atoms with Crippen molar-refractivity contribution in [2.75, 3.05) is 38.8 Å². The lowest BCUT2D eigenvalue weighted by molar-refractivity contribution is 0.393. The molecule has 1 saturated heterocycles. The largest absolute Gasteiger partial charge is 0.497 e. The van der Waals surface area contributed by atoms with Gasteiger partial charge in [-0.15, -0.1) is 10.2 Å². The molecule has 0 aliphatic carbocycles. The summed E-state index contributed by atoms with van der Waals surface area (Å²) in [6.45, 7) is 8.22. The summed E-state index contributed by atoms with van der Waals surface area (Å²) in [6, 6.07) is 6.39. The van der Waals surface area contributed by atoms with Crippen molar-refractivity contribution in [3.8, 4) is 11.5 Å². The average Bonchev–Trinajstić information content (AvgIpc) is 3.25. The number of nitrogens with one attached hydrogen (secondary N) is 2. The Morgan fingerprint density at radius 3 is 2.43 bits per heavy atom. The molecule has 1 aromatic carbocycles. The summed E-state index contributed by atoms with van der Waals surface area (Å²) in [5, 5.41) is 15.1. The monoisotopic (exact) mass is 415 g/mol. The quantitative estimate of drug-likeness (QED) is 0.504. The molecule has 3 rings (SSSR count). The Hall–Kier alpha value is -2.97. The van der Waals surface area contributed by atoms with Crippen LogP contribution in [0.4, 0.5) is 5.69 Å². The molecule has 0 amide bonds. The van der Waals surface area contributed by atoms with Gasteiger partial charge in [0, 0.05) is 56.1 Å². The molecular weight excluding hydrogens is 382 g/mol. The van der Waals surface area contributed by atoms with E-state index < -0.39 is 0 Å². The van der Waals surface area contributed by atoms with Crippen LogP contribution in [0.25, 0.3) is 0 Å². The molecule has 0 bridgehead atoms. The molecule has 0 unspecified atom stereocenters. The first-order valence-corrected chi connectivity index (χ1v) is 10.6. The number of aromatic nitrogens is 3. The van der Waals surface area contributed by atoms with E-state index in [0.717, 1.165) is 68.0 Å². The van der Waals surface area contributed by atoms with Crippen LogP contribution in [0, 0.1) is 0 Å². The fraction of sp³-hybridized carbons (Fsp3) is 0.571. The number of aryl methyl sites for hydroxylation is 1. The molecule has 2 N–H and O–H groups in total. The molecule has 1 aliphatic heterocycles. The lowest BCUT2D eigenvalue weighted by Gasteiger charge is -2.34. The van der Waals surface area contributed by atoms with Gasteiger partial charge in [-0.1, -0.05) is 0 Å². The smallest absolute Gasteiger partial charge is 0.191 e. The van der Waals surface area contributed by atoms with Crippen LogP contribution in [0.15, 0.2) is 29.5 Å². The highest BCUT2D eigenvalue weighted by Crippen LogP contribution is 2.30. The van der Waals surface area contributed by atoms with Crippen molar-refractivity contribution in [1.29, 1.82) is 0 Å². The van der Waals surface area contributed by atoms with Crippen LogP contribution in [0.5, 0.6) is 11.5 Å². The zero-order valence-corrected chi connectivity index (χ0v) is 18.4. The summed E-state index contributed by atoms with van der Waals surface area (Å²) in [7, 11) is 3.36. The van der Waals surface area contributed by atoms with Gasteiger partial charge in [-0.05, 0) is 26.7 Å². The Labute approximate surface area is 178 Å². The maximum absolute atomic E-state index is 5.41. The maximum atomic E-state index is 5.41. The van der Waals surface area contributed by atoms with E-state index in [0.29, 0.717) is 12.6 Å². The number of rotatable bonds is 8. The molecule has 0 saturated carbocycles. The second-order valence-electron chi connectivity index (χ2n) is 7.20. The minimum atomic E-state index is 0.371. The minimum absolute atomic E-state index is 0.371. The van der Waals surface area contributed by atoms with Gasteiger partial charge in [-0.25, -0.2) is 4.99 Å². The molecule has 9 nitrogen and oxygen atoms in total. The molecule has 2 aromatic rings. The van der Waals surface area contributed by atoms with Crippen LogP contribution in [-0.2, 0) is 13.1 Å². The highest BCUT2D eigenvalue weighted by Gasteiger charge is 2.21. The number of nitrogens with zero attached hydrogens (tertiary/aromatic N) is 5. The highest BCUT2D eigenvalue weighted by atomic mass is 16.5. The number of aliphatic imine (C=N–C) groups is 1. The number of benzene rings is 1. The first kappa shape index (κ1) is 21.7. The zero-order valence-electron chi connectivity index (χ0n) is 18.4. The summed E-state index contributed by atoms with van der Waals surface area (Å²) in [6.07, 6.45) is 3.79. The van der Waals surface area contributed by atoms with E-state index in [1.807, 2.05) is 10.6 Å². The topological polar surface area (TPSA) is 88.8 Å². The van der Waals surface area contributed by atoms with Crippen molar-refractivity contribution in [3.63, 3.8) is 0 Å². The fourth-order valence-corrected chi connectivity index (χ4v) is 3.59. The second kappa shape index (κ2) is 10.7. The summed E-state index contributed by atoms with van der Waals surface area (Å²) in [5.41, 5.74) is 1.13. The first-order valence-electron chi connectivity index (χ1n) is 10.6. The standard InChI is InChI=1S/C21H33N7O2/c1-5-22-21(23-14-20-26-24-15-27(20)6-2)25-16-7-9-28(10-8-16)17-11-18(29-3)13-19(12-17)30-4/h11-13,15-16H,5-10,14H2,1-4H3,(H2,22,23,25). The van der Waals surface area contributed by atoms with Crippen molar-refractivity contribution < 1.29 is 9.47 Å². The number of guanidine groups is 1. The van der Waals surface area contributed by atoms with Gasteiger partial charge in [0.1, 0.15) is 24.4 Å². The first-order chi connectivity index (χ1) is 14.7. The molecule has 9 heteroatoms. The normalized spacial score (nSPS) is 15.2. The molecule has 2 heterocycles. The SMILES string of the molecule is CCNC(=NCc1nncn1CC)NC1CCN(c2cc(OC)cc(OC)c2)CC1. The predicted octanol–water partition coefficient (Wildman–Crippen LogP) is 2.04. The highest BCUT2D eigenvalue weighted by molar-refractivity contribution is 5.80. The van der Waals surface area contributed by atoms with Crippen LogP contribution in [0.1, 0.15) is 32.5 Å². The number of hydrogen-bond donors (Lipinski definition) is 2. The predicted molar refractivity (Wildman–Crippen MR) is 118 cm³/mol. The van der Waals surface area contributed by atoms with E-state index in [1.165, 1.54) is 0 Å². The average molecular weight is 416 g/mol. The van der Waals surface area contributed by atoms with Crippen LogP contribution in [0.3, 0.4) is 0 Å². The molecule has 0 atom stereocenters. The van der Waals surface area contributed by atoms with Crippen LogP contribution >= 0.6 is 0 Å². The van der Waals surface area contributed by atoms with Crippen molar-refractivity contribution in [3.05, 3.63) is 30.4 Å². The summed E-state index contributed by atoms with van der Waals surface area (Å²) >= 11 is 0. The van der Waals surface area contributed by atoms with Gasteiger partial charge >= 0.3 is 0 Å². The van der Waals surface area contributed by atoms with Crippen molar-refractivity contribution in [1.82, 2.24) is 25.4 Å². The Balaban J connectivity index is 1.59. The van der Waals surface area contributed by atoms with E-state index in [1.54, 1.807) is 20.5 Å². The molecule has 0 spiro atoms. The zero-order chi connectivity index (χ0) is 21.3. The molecule has 1 aromatic heterocycles. The Kier molecular flexibility index (Phi) is 7.75. The maximum Gasteiger partial charge on any atom is 0.191 e. The molecule has 1 aliphatic rings. The van der Waals surface area contributed by atoms with Gasteiger partial charge < -0.3 is 29.6 Å². The van der Waals surface area contributed by atoms with E-state index in [-0.39, 0.29) is 0 Å². The van der Waals surface area contributed by atoms with Crippen LogP contribution in [-0.4, -0.2) is 60.6 Å². The van der Waals surface area contributed by atoms with Gasteiger partial charge in [-0.3, -0.25) is 0 Å². The molecule has 1 fully saturated rings. The second-order valence-corrected chi connectivity index (χ2v) is 7.20. The Morgan fingerprint density at radius 2 is 1.83 bits per heavy atom. The van der Waals surface area contributed by atoms with Gasteiger partial charge in [0.15, 0.2) is 11.8 Å². The lowest BCUT2D eigenvalue weighted by atomic mass is 10.0. The van der Waals surface area contributed by atoms with Crippen LogP contribution in [0.2, 0.25) is 0 Å². The number of piperidine rings is 1. The van der Waals surface area contributed by atoms with Crippen molar-refractivity contribution in [2.24, 2.45) is 4.99 Å². The third-order valence-electron chi connectivity index (χ3n) is 5.30. The lowest BCUT2D eigenvalue weighted by Crippen LogP contribution is -2.48. The summed E-state index contributed by atoms with van der Waals surface area (Å²) < 4.78 is 12.8. The third-order valence-corrected chi connectivity index (χ3v) is 5.30. The Bertz CT molecular complexity index is 806. The van der Waals surface area contributed by atoms with E-state index in [9.17, 15) is 0 Å². The van der Waals surface area contributed by atoms with E-state index >= 15 is 0 Å². The molecule has 164 valence electrons. The molecule has 0 radical (unpaired) electrons. The van der Waals surface area contributed by atoms with Crippen LogP contribution < -0.4 is 25.0 Å². The number of anilines is 1. The summed E-state index contributed by atoms with van der Waals surface area (Å²) in [4.78, 5) is 7.08. The number of hydrogen-bond acceptors (Lipinski definition) is 6. The number of ether oxygens (including phenoxy) is 2. The summed E-state index contributed by atoms with van der Waals surface area (Å²) in [5.74, 6) is 3.32. The van der Waals surface area contributed by atoms with Gasteiger partial charge in [0.25, 0.3) is 0 Å². The third kappa shape index (κ3) is 5.55.